The second-order valence-electron chi connectivity index (χ2n) is 3.68. The van der Waals surface area contributed by atoms with Crippen LogP contribution < -0.4 is 5.32 Å². The Morgan fingerprint density at radius 1 is 1.57 bits per heavy atom. The molecular formula is C10H19N3S. The van der Waals surface area contributed by atoms with Gasteiger partial charge in [-0.15, -0.1) is 11.3 Å². The number of aromatic nitrogens is 1. The molecular weight excluding hydrogens is 194 g/mol. The lowest BCUT2D eigenvalue weighted by atomic mass is 10.2. The molecule has 0 fully saturated rings. The average Bonchev–Trinajstić information content (AvgIpc) is 2.52. The van der Waals surface area contributed by atoms with Crippen molar-refractivity contribution in [2.45, 2.75) is 26.4 Å². The molecule has 0 aliphatic rings. The number of rotatable bonds is 5. The Bertz CT molecular complexity index is 270. The maximum Gasteiger partial charge on any atom is 0.107 e. The van der Waals surface area contributed by atoms with Crippen LogP contribution in [0.25, 0.3) is 0 Å². The molecule has 1 atom stereocenters. The van der Waals surface area contributed by atoms with Gasteiger partial charge in [0.2, 0.25) is 0 Å². The first-order valence-corrected chi connectivity index (χ1v) is 5.83. The quantitative estimate of drug-likeness (QED) is 0.809. The Morgan fingerprint density at radius 3 is 2.86 bits per heavy atom. The second kappa shape index (κ2) is 5.44. The van der Waals surface area contributed by atoms with E-state index in [1.807, 2.05) is 0 Å². The fourth-order valence-corrected chi connectivity index (χ4v) is 2.28. The van der Waals surface area contributed by atoms with Crippen molar-refractivity contribution < 1.29 is 0 Å². The minimum Gasteiger partial charge on any atom is -0.309 e. The summed E-state index contributed by atoms with van der Waals surface area (Å²) in [5, 5.41) is 6.69. The van der Waals surface area contributed by atoms with Gasteiger partial charge in [-0.05, 0) is 27.6 Å². The highest BCUT2D eigenvalue weighted by atomic mass is 32.1. The van der Waals surface area contributed by atoms with Crippen LogP contribution in [0, 0.1) is 0 Å². The first-order valence-electron chi connectivity index (χ1n) is 4.96. The average molecular weight is 213 g/mol. The van der Waals surface area contributed by atoms with Crippen molar-refractivity contribution in [3.8, 4) is 0 Å². The summed E-state index contributed by atoms with van der Waals surface area (Å²) < 4.78 is 0. The summed E-state index contributed by atoms with van der Waals surface area (Å²) in [6, 6.07) is 0.368. The fourth-order valence-electron chi connectivity index (χ4n) is 1.28. The van der Waals surface area contributed by atoms with E-state index in [2.05, 4.69) is 48.5 Å². The molecule has 14 heavy (non-hydrogen) atoms. The van der Waals surface area contributed by atoms with Crippen molar-refractivity contribution in [1.29, 1.82) is 0 Å². The summed E-state index contributed by atoms with van der Waals surface area (Å²) in [6.45, 7) is 6.19. The molecule has 1 heterocycles. The van der Waals surface area contributed by atoms with Gasteiger partial charge >= 0.3 is 0 Å². The van der Waals surface area contributed by atoms with E-state index in [-0.39, 0.29) is 0 Å². The molecule has 0 amide bonds. The van der Waals surface area contributed by atoms with Gasteiger partial charge in [-0.25, -0.2) is 4.98 Å². The fraction of sp³-hybridized carbons (Fsp3) is 0.700. The van der Waals surface area contributed by atoms with Crippen molar-refractivity contribution in [1.82, 2.24) is 15.2 Å². The van der Waals surface area contributed by atoms with E-state index < -0.39 is 0 Å². The molecule has 1 N–H and O–H groups in total. The lowest BCUT2D eigenvalue weighted by Crippen LogP contribution is -2.18. The second-order valence-corrected chi connectivity index (χ2v) is 4.63. The van der Waals surface area contributed by atoms with Gasteiger partial charge in [0.25, 0.3) is 0 Å². The van der Waals surface area contributed by atoms with Crippen LogP contribution in [0.1, 0.15) is 30.6 Å². The molecule has 1 rings (SSSR count). The van der Waals surface area contributed by atoms with Crippen LogP contribution in [0.4, 0.5) is 0 Å². The normalized spacial score (nSPS) is 13.5. The molecule has 1 aromatic rings. The third kappa shape index (κ3) is 3.36. The van der Waals surface area contributed by atoms with E-state index in [4.69, 9.17) is 0 Å². The summed E-state index contributed by atoms with van der Waals surface area (Å²) in [4.78, 5) is 6.72. The topological polar surface area (TPSA) is 28.2 Å². The third-order valence-corrected chi connectivity index (χ3v) is 2.83. The summed E-state index contributed by atoms with van der Waals surface area (Å²) in [7, 11) is 4.13. The van der Waals surface area contributed by atoms with Crippen LogP contribution in [0.15, 0.2) is 5.38 Å². The SMILES string of the molecule is CCNC(C)c1csc(CN(C)C)n1. The summed E-state index contributed by atoms with van der Waals surface area (Å²) >= 11 is 1.74. The standard InChI is InChI=1S/C10H19N3S/c1-5-11-8(2)9-7-14-10(12-9)6-13(3)4/h7-8,11H,5-6H2,1-4H3. The Balaban J connectivity index is 2.58. The number of hydrogen-bond acceptors (Lipinski definition) is 4. The predicted molar refractivity (Wildman–Crippen MR) is 61.6 cm³/mol. The van der Waals surface area contributed by atoms with Crippen LogP contribution in [0.3, 0.4) is 0 Å². The molecule has 0 aliphatic carbocycles. The minimum absolute atomic E-state index is 0.368. The zero-order valence-electron chi connectivity index (χ0n) is 9.37. The number of nitrogens with one attached hydrogen (secondary N) is 1. The first kappa shape index (κ1) is 11.6. The Morgan fingerprint density at radius 2 is 2.29 bits per heavy atom. The molecule has 0 aliphatic heterocycles. The minimum atomic E-state index is 0.368. The summed E-state index contributed by atoms with van der Waals surface area (Å²) in [5.74, 6) is 0. The van der Waals surface area contributed by atoms with Crippen LogP contribution in [-0.2, 0) is 6.54 Å². The van der Waals surface area contributed by atoms with E-state index in [0.29, 0.717) is 6.04 Å². The molecule has 0 saturated heterocycles. The van der Waals surface area contributed by atoms with Gasteiger partial charge in [-0.1, -0.05) is 6.92 Å². The highest BCUT2D eigenvalue weighted by molar-refractivity contribution is 7.09. The Labute approximate surface area is 90.2 Å². The van der Waals surface area contributed by atoms with Crippen molar-refractivity contribution in [3.63, 3.8) is 0 Å². The van der Waals surface area contributed by atoms with Crippen LogP contribution in [0.5, 0.6) is 0 Å². The zero-order valence-corrected chi connectivity index (χ0v) is 10.2. The van der Waals surface area contributed by atoms with Crippen molar-refractivity contribution in [3.05, 3.63) is 16.1 Å². The summed E-state index contributed by atoms with van der Waals surface area (Å²) in [5.41, 5.74) is 1.16. The number of nitrogens with zero attached hydrogens (tertiary/aromatic N) is 2. The van der Waals surface area contributed by atoms with Crippen LogP contribution in [-0.4, -0.2) is 30.5 Å². The Hall–Kier alpha value is -0.450. The third-order valence-electron chi connectivity index (χ3n) is 1.97. The van der Waals surface area contributed by atoms with Crippen molar-refractivity contribution in [2.75, 3.05) is 20.6 Å². The lowest BCUT2D eigenvalue weighted by molar-refractivity contribution is 0.400. The zero-order chi connectivity index (χ0) is 10.6. The monoisotopic (exact) mass is 213 g/mol. The Kier molecular flexibility index (Phi) is 4.51. The number of thiazole rings is 1. The predicted octanol–water partition coefficient (Wildman–Crippen LogP) is 1.88. The molecule has 0 spiro atoms. The van der Waals surface area contributed by atoms with Gasteiger partial charge in [-0.2, -0.15) is 0 Å². The summed E-state index contributed by atoms with van der Waals surface area (Å²) in [6.07, 6.45) is 0. The van der Waals surface area contributed by atoms with E-state index in [1.165, 1.54) is 5.01 Å². The van der Waals surface area contributed by atoms with Gasteiger partial charge in [0.15, 0.2) is 0 Å². The molecule has 80 valence electrons. The van der Waals surface area contributed by atoms with Crippen molar-refractivity contribution in [2.24, 2.45) is 0 Å². The van der Waals surface area contributed by atoms with Gasteiger partial charge in [0.1, 0.15) is 5.01 Å². The van der Waals surface area contributed by atoms with Crippen LogP contribution >= 0.6 is 11.3 Å². The maximum atomic E-state index is 4.58. The lowest BCUT2D eigenvalue weighted by Gasteiger charge is -2.09. The van der Waals surface area contributed by atoms with Gasteiger partial charge in [0.05, 0.1) is 5.69 Å². The van der Waals surface area contributed by atoms with E-state index in [1.54, 1.807) is 11.3 Å². The largest absolute Gasteiger partial charge is 0.309 e. The van der Waals surface area contributed by atoms with Crippen LogP contribution in [0.2, 0.25) is 0 Å². The molecule has 1 aromatic heterocycles. The highest BCUT2D eigenvalue weighted by Crippen LogP contribution is 2.17. The van der Waals surface area contributed by atoms with E-state index >= 15 is 0 Å². The molecule has 0 bridgehead atoms. The molecule has 0 radical (unpaired) electrons. The first-order chi connectivity index (χ1) is 6.63. The number of hydrogen-bond donors (Lipinski definition) is 1. The molecule has 4 heteroatoms. The highest BCUT2D eigenvalue weighted by Gasteiger charge is 2.08. The van der Waals surface area contributed by atoms with Gasteiger partial charge < -0.3 is 10.2 Å². The van der Waals surface area contributed by atoms with E-state index in [9.17, 15) is 0 Å². The molecule has 0 aromatic carbocycles. The smallest absolute Gasteiger partial charge is 0.107 e. The molecule has 1 unspecified atom stereocenters. The maximum absolute atomic E-state index is 4.58. The van der Waals surface area contributed by atoms with Gasteiger partial charge in [-0.3, -0.25) is 0 Å². The molecule has 0 saturated carbocycles. The van der Waals surface area contributed by atoms with Gasteiger partial charge in [0, 0.05) is 18.0 Å². The van der Waals surface area contributed by atoms with Crippen molar-refractivity contribution >= 4 is 11.3 Å². The molecule has 3 nitrogen and oxygen atoms in total. The van der Waals surface area contributed by atoms with E-state index in [0.717, 1.165) is 18.8 Å².